The summed E-state index contributed by atoms with van der Waals surface area (Å²) >= 11 is 0. The molecule has 0 bridgehead atoms. The van der Waals surface area contributed by atoms with Gasteiger partial charge in [0.15, 0.2) is 9.84 Å². The largest absolute Gasteiger partial charge is 0.416 e. The summed E-state index contributed by atoms with van der Waals surface area (Å²) in [5, 5.41) is 2.64. The minimum Gasteiger partial charge on any atom is -0.346 e. The summed E-state index contributed by atoms with van der Waals surface area (Å²) in [5.41, 5.74) is -0.159. The van der Waals surface area contributed by atoms with Gasteiger partial charge in [0.05, 0.1) is 28.0 Å². The molecule has 1 fully saturated rings. The van der Waals surface area contributed by atoms with Gasteiger partial charge in [-0.1, -0.05) is 12.1 Å². The normalized spacial score (nSPS) is 19.4. The Kier molecular flexibility index (Phi) is 6.68. The SMILES string of the molecule is CC(NC(=O)c1ccc(S(=O)(=O)NC2CCS(=O)(=O)C2)cc1)c1ccc(C(F)(F)F)cc1. The molecule has 32 heavy (non-hydrogen) atoms. The van der Waals surface area contributed by atoms with Gasteiger partial charge in [0, 0.05) is 11.6 Å². The van der Waals surface area contributed by atoms with Crippen molar-refractivity contribution in [3.63, 3.8) is 0 Å². The van der Waals surface area contributed by atoms with E-state index in [0.717, 1.165) is 12.1 Å². The van der Waals surface area contributed by atoms with Crippen LogP contribution in [0.4, 0.5) is 13.2 Å². The third-order valence-electron chi connectivity index (χ3n) is 5.07. The molecule has 2 unspecified atom stereocenters. The first-order valence-corrected chi connectivity index (χ1v) is 12.9. The van der Waals surface area contributed by atoms with E-state index in [1.807, 2.05) is 0 Å². The maximum absolute atomic E-state index is 12.7. The number of hydrogen-bond donors (Lipinski definition) is 2. The zero-order valence-corrected chi connectivity index (χ0v) is 18.5. The second-order valence-electron chi connectivity index (χ2n) is 7.56. The number of benzene rings is 2. The van der Waals surface area contributed by atoms with Crippen LogP contribution in [0.15, 0.2) is 53.4 Å². The van der Waals surface area contributed by atoms with Crippen LogP contribution in [-0.2, 0) is 26.0 Å². The van der Waals surface area contributed by atoms with Crippen molar-refractivity contribution in [2.45, 2.75) is 36.5 Å². The van der Waals surface area contributed by atoms with Crippen LogP contribution in [0.1, 0.15) is 40.9 Å². The molecule has 3 rings (SSSR count). The zero-order valence-electron chi connectivity index (χ0n) is 16.9. The average Bonchev–Trinajstić information content (AvgIpc) is 3.05. The Labute approximate surface area is 184 Å². The van der Waals surface area contributed by atoms with Crippen molar-refractivity contribution in [2.75, 3.05) is 11.5 Å². The van der Waals surface area contributed by atoms with Gasteiger partial charge < -0.3 is 5.32 Å². The number of carbonyl (C=O) groups is 1. The van der Waals surface area contributed by atoms with Gasteiger partial charge in [-0.25, -0.2) is 21.6 Å². The third-order valence-corrected chi connectivity index (χ3v) is 8.37. The second-order valence-corrected chi connectivity index (χ2v) is 11.5. The van der Waals surface area contributed by atoms with E-state index in [9.17, 15) is 34.8 Å². The molecule has 0 aromatic heterocycles. The van der Waals surface area contributed by atoms with E-state index >= 15 is 0 Å². The number of nitrogens with one attached hydrogen (secondary N) is 2. The fourth-order valence-electron chi connectivity index (χ4n) is 3.28. The molecule has 1 amide bonds. The molecule has 1 saturated heterocycles. The van der Waals surface area contributed by atoms with Crippen molar-refractivity contribution in [3.05, 3.63) is 65.2 Å². The van der Waals surface area contributed by atoms with E-state index in [-0.39, 0.29) is 28.4 Å². The maximum Gasteiger partial charge on any atom is 0.416 e. The van der Waals surface area contributed by atoms with E-state index in [0.29, 0.717) is 5.56 Å². The molecule has 0 saturated carbocycles. The lowest BCUT2D eigenvalue weighted by molar-refractivity contribution is -0.137. The van der Waals surface area contributed by atoms with Crippen LogP contribution in [0.2, 0.25) is 0 Å². The van der Waals surface area contributed by atoms with Gasteiger partial charge in [-0.05, 0) is 55.3 Å². The molecule has 2 aromatic rings. The Morgan fingerprint density at radius 2 is 1.66 bits per heavy atom. The van der Waals surface area contributed by atoms with Gasteiger partial charge in [0.1, 0.15) is 0 Å². The first-order chi connectivity index (χ1) is 14.8. The summed E-state index contributed by atoms with van der Waals surface area (Å²) < 4.78 is 88.3. The molecule has 2 aromatic carbocycles. The van der Waals surface area contributed by atoms with E-state index in [4.69, 9.17) is 0 Å². The van der Waals surface area contributed by atoms with Crippen LogP contribution in [0.5, 0.6) is 0 Å². The molecular formula is C20H21F3N2O5S2. The van der Waals surface area contributed by atoms with E-state index in [1.165, 1.54) is 36.4 Å². The number of hydrogen-bond acceptors (Lipinski definition) is 5. The molecule has 2 N–H and O–H groups in total. The molecule has 174 valence electrons. The molecule has 0 radical (unpaired) electrons. The lowest BCUT2D eigenvalue weighted by atomic mass is 10.1. The average molecular weight is 491 g/mol. The lowest BCUT2D eigenvalue weighted by Gasteiger charge is -2.16. The Balaban J connectivity index is 1.64. The van der Waals surface area contributed by atoms with Gasteiger partial charge in [0.2, 0.25) is 10.0 Å². The van der Waals surface area contributed by atoms with Crippen LogP contribution in [0, 0.1) is 0 Å². The second kappa shape index (κ2) is 8.83. The molecule has 12 heteroatoms. The molecule has 1 heterocycles. The highest BCUT2D eigenvalue weighted by Gasteiger charge is 2.32. The Hall–Kier alpha value is -2.44. The van der Waals surface area contributed by atoms with Crippen LogP contribution in [0.3, 0.4) is 0 Å². The Morgan fingerprint density at radius 1 is 1.06 bits per heavy atom. The van der Waals surface area contributed by atoms with E-state index < -0.39 is 49.6 Å². The van der Waals surface area contributed by atoms with Crippen LogP contribution in [-0.4, -0.2) is 40.3 Å². The summed E-state index contributed by atoms with van der Waals surface area (Å²) in [4.78, 5) is 12.3. The van der Waals surface area contributed by atoms with Gasteiger partial charge in [0.25, 0.3) is 5.91 Å². The third kappa shape index (κ3) is 5.87. The van der Waals surface area contributed by atoms with Crippen LogP contribution < -0.4 is 10.0 Å². The number of alkyl halides is 3. The predicted octanol–water partition coefficient (Wildman–Crippen LogP) is 2.66. The standard InChI is InChI=1S/C20H21F3N2O5S2/c1-13(14-2-6-16(7-3-14)20(21,22)23)24-19(26)15-4-8-18(9-5-15)32(29,30)25-17-10-11-31(27,28)12-17/h2-9,13,17,25H,10-12H2,1H3,(H,24,26). The Bertz CT molecular complexity index is 1190. The number of carbonyl (C=O) groups excluding carboxylic acids is 1. The summed E-state index contributed by atoms with van der Waals surface area (Å²) in [7, 11) is -7.20. The monoisotopic (exact) mass is 490 g/mol. The highest BCUT2D eigenvalue weighted by atomic mass is 32.2. The predicted molar refractivity (Wildman–Crippen MR) is 111 cm³/mol. The van der Waals surface area contributed by atoms with Crippen LogP contribution in [0.25, 0.3) is 0 Å². The molecule has 2 atom stereocenters. The molecule has 0 spiro atoms. The minimum atomic E-state index is -4.45. The summed E-state index contributed by atoms with van der Waals surface area (Å²) in [6, 6.07) is 8.19. The van der Waals surface area contributed by atoms with Gasteiger partial charge in [-0.3, -0.25) is 4.79 Å². The quantitative estimate of drug-likeness (QED) is 0.647. The smallest absolute Gasteiger partial charge is 0.346 e. The minimum absolute atomic E-state index is 0.0730. The van der Waals surface area contributed by atoms with Crippen molar-refractivity contribution in [3.8, 4) is 0 Å². The van der Waals surface area contributed by atoms with Crippen molar-refractivity contribution in [1.29, 1.82) is 0 Å². The molecule has 1 aliphatic heterocycles. The first kappa shape index (κ1) is 24.2. The van der Waals surface area contributed by atoms with Gasteiger partial charge in [-0.2, -0.15) is 13.2 Å². The van der Waals surface area contributed by atoms with Crippen LogP contribution >= 0.6 is 0 Å². The lowest BCUT2D eigenvalue weighted by Crippen LogP contribution is -2.35. The summed E-state index contributed by atoms with van der Waals surface area (Å²) in [5.74, 6) is -0.860. The number of rotatable bonds is 6. The highest BCUT2D eigenvalue weighted by molar-refractivity contribution is 7.92. The van der Waals surface area contributed by atoms with Gasteiger partial charge >= 0.3 is 6.18 Å². The number of halogens is 3. The number of sulfone groups is 1. The Morgan fingerprint density at radius 3 is 2.16 bits per heavy atom. The van der Waals surface area contributed by atoms with Crippen molar-refractivity contribution < 1.29 is 34.8 Å². The zero-order chi connectivity index (χ0) is 23.7. The fourth-order valence-corrected chi connectivity index (χ4v) is 6.33. The molecule has 1 aliphatic rings. The number of sulfonamides is 1. The molecule has 7 nitrogen and oxygen atoms in total. The van der Waals surface area contributed by atoms with E-state index in [1.54, 1.807) is 6.92 Å². The first-order valence-electron chi connectivity index (χ1n) is 9.58. The van der Waals surface area contributed by atoms with E-state index in [2.05, 4.69) is 10.0 Å². The molecule has 0 aliphatic carbocycles. The summed E-state index contributed by atoms with van der Waals surface area (Å²) in [6.07, 6.45) is -4.25. The van der Waals surface area contributed by atoms with Crippen molar-refractivity contribution >= 4 is 25.8 Å². The molecular weight excluding hydrogens is 469 g/mol. The fraction of sp³-hybridized carbons (Fsp3) is 0.350. The summed E-state index contributed by atoms with van der Waals surface area (Å²) in [6.45, 7) is 1.61. The highest BCUT2D eigenvalue weighted by Crippen LogP contribution is 2.30. The van der Waals surface area contributed by atoms with Crippen molar-refractivity contribution in [1.82, 2.24) is 10.0 Å². The van der Waals surface area contributed by atoms with Gasteiger partial charge in [-0.15, -0.1) is 0 Å². The maximum atomic E-state index is 12.7. The number of amides is 1. The topological polar surface area (TPSA) is 109 Å². The van der Waals surface area contributed by atoms with Crippen molar-refractivity contribution in [2.24, 2.45) is 0 Å².